The van der Waals surface area contributed by atoms with Gasteiger partial charge in [-0.1, -0.05) is 18.2 Å². The third kappa shape index (κ3) is 2.96. The second-order valence-corrected chi connectivity index (χ2v) is 7.15. The number of piperidine rings is 1. The summed E-state index contributed by atoms with van der Waals surface area (Å²) >= 11 is 0. The van der Waals surface area contributed by atoms with Gasteiger partial charge in [-0.15, -0.1) is 0 Å². The molecule has 3 heterocycles. The Kier molecular flexibility index (Phi) is 4.41. The number of hydrogen-bond donors (Lipinski definition) is 0. The monoisotopic (exact) mass is 345 g/mol. The first-order valence-corrected chi connectivity index (χ1v) is 9.28. The Morgan fingerprint density at radius 2 is 1.73 bits per heavy atom. The number of pyridine rings is 2. The molecule has 0 bridgehead atoms. The van der Waals surface area contributed by atoms with Crippen LogP contribution in [0.25, 0.3) is 22.2 Å². The molecule has 2 atom stereocenters. The lowest BCUT2D eigenvalue weighted by molar-refractivity contribution is 0.0513. The van der Waals surface area contributed by atoms with Crippen LogP contribution < -0.4 is 0 Å². The molecule has 0 unspecified atom stereocenters. The van der Waals surface area contributed by atoms with Crippen LogP contribution in [-0.2, 0) is 0 Å². The predicted molar refractivity (Wildman–Crippen MR) is 104 cm³/mol. The molecule has 1 fully saturated rings. The van der Waals surface area contributed by atoms with Crippen molar-refractivity contribution in [2.24, 2.45) is 0 Å². The highest BCUT2D eigenvalue weighted by molar-refractivity contribution is 6.07. The van der Waals surface area contributed by atoms with Gasteiger partial charge in [0.15, 0.2) is 0 Å². The van der Waals surface area contributed by atoms with E-state index in [1.165, 1.54) is 6.42 Å². The molecule has 1 saturated heterocycles. The van der Waals surface area contributed by atoms with Crippen molar-refractivity contribution in [2.75, 3.05) is 0 Å². The summed E-state index contributed by atoms with van der Waals surface area (Å²) in [7, 11) is 0. The Morgan fingerprint density at radius 1 is 1.04 bits per heavy atom. The minimum Gasteiger partial charge on any atom is -0.333 e. The number of para-hydroxylation sites is 1. The zero-order chi connectivity index (χ0) is 18.1. The fourth-order valence-corrected chi connectivity index (χ4v) is 3.98. The second-order valence-electron chi connectivity index (χ2n) is 7.15. The number of aromatic nitrogens is 2. The second kappa shape index (κ2) is 6.87. The van der Waals surface area contributed by atoms with E-state index in [4.69, 9.17) is 4.98 Å². The molecule has 0 aliphatic carbocycles. The maximum absolute atomic E-state index is 13.5. The summed E-state index contributed by atoms with van der Waals surface area (Å²) in [5, 5.41) is 0.917. The van der Waals surface area contributed by atoms with Crippen molar-refractivity contribution in [2.45, 2.75) is 45.2 Å². The number of carbonyl (C=O) groups excluding carboxylic acids is 1. The number of amides is 1. The van der Waals surface area contributed by atoms with Crippen LogP contribution in [0.5, 0.6) is 0 Å². The van der Waals surface area contributed by atoms with Crippen LogP contribution in [0.1, 0.15) is 43.5 Å². The summed E-state index contributed by atoms with van der Waals surface area (Å²) in [5.41, 5.74) is 3.37. The zero-order valence-corrected chi connectivity index (χ0v) is 15.2. The van der Waals surface area contributed by atoms with Gasteiger partial charge < -0.3 is 4.90 Å². The van der Waals surface area contributed by atoms with E-state index >= 15 is 0 Å². The van der Waals surface area contributed by atoms with E-state index in [0.717, 1.165) is 40.6 Å². The molecule has 0 N–H and O–H groups in total. The Labute approximate surface area is 153 Å². The smallest absolute Gasteiger partial charge is 0.255 e. The van der Waals surface area contributed by atoms with Gasteiger partial charge in [-0.2, -0.15) is 0 Å². The van der Waals surface area contributed by atoms with Crippen molar-refractivity contribution in [3.8, 4) is 11.3 Å². The molecule has 0 radical (unpaired) electrons. The number of hydrogen-bond acceptors (Lipinski definition) is 3. The standard InChI is InChI=1S/C22H23N3O/c1-15-6-5-7-16(2)25(15)22(26)19-14-21(17-10-12-23-13-11-17)24-20-9-4-3-8-18(19)20/h3-4,8-16H,5-7H2,1-2H3/t15-,16-/m0/s1. The van der Waals surface area contributed by atoms with Crippen LogP contribution in [0, 0.1) is 0 Å². The SMILES string of the molecule is C[C@H]1CCC[C@H](C)N1C(=O)c1cc(-c2ccncc2)nc2ccccc12. The minimum absolute atomic E-state index is 0.110. The molecule has 0 saturated carbocycles. The van der Waals surface area contributed by atoms with Gasteiger partial charge in [-0.3, -0.25) is 9.78 Å². The van der Waals surface area contributed by atoms with Crippen LogP contribution in [0.3, 0.4) is 0 Å². The molecular formula is C22H23N3O. The molecule has 0 spiro atoms. The van der Waals surface area contributed by atoms with Crippen molar-refractivity contribution < 1.29 is 4.79 Å². The van der Waals surface area contributed by atoms with Crippen molar-refractivity contribution in [3.63, 3.8) is 0 Å². The van der Waals surface area contributed by atoms with E-state index in [2.05, 4.69) is 23.7 Å². The molecule has 1 aliphatic heterocycles. The summed E-state index contributed by atoms with van der Waals surface area (Å²) in [5.74, 6) is 0.110. The van der Waals surface area contributed by atoms with Gasteiger partial charge in [0, 0.05) is 35.4 Å². The van der Waals surface area contributed by atoms with E-state index in [1.807, 2.05) is 42.5 Å². The Balaban J connectivity index is 1.86. The van der Waals surface area contributed by atoms with E-state index in [9.17, 15) is 4.79 Å². The first kappa shape index (κ1) is 16.7. The molecule has 4 nitrogen and oxygen atoms in total. The Morgan fingerprint density at radius 3 is 2.46 bits per heavy atom. The van der Waals surface area contributed by atoms with E-state index in [-0.39, 0.29) is 18.0 Å². The highest BCUT2D eigenvalue weighted by Crippen LogP contribution is 2.29. The lowest BCUT2D eigenvalue weighted by Crippen LogP contribution is -2.47. The molecule has 4 rings (SSSR count). The highest BCUT2D eigenvalue weighted by Gasteiger charge is 2.30. The van der Waals surface area contributed by atoms with Crippen molar-refractivity contribution in [1.82, 2.24) is 14.9 Å². The average molecular weight is 345 g/mol. The average Bonchev–Trinajstić information content (AvgIpc) is 2.67. The van der Waals surface area contributed by atoms with Gasteiger partial charge >= 0.3 is 0 Å². The van der Waals surface area contributed by atoms with Crippen LogP contribution in [-0.4, -0.2) is 32.9 Å². The number of fused-ring (bicyclic) bond motifs is 1. The van der Waals surface area contributed by atoms with Gasteiger partial charge in [0.25, 0.3) is 5.91 Å². The largest absolute Gasteiger partial charge is 0.333 e. The van der Waals surface area contributed by atoms with Crippen LogP contribution >= 0.6 is 0 Å². The zero-order valence-electron chi connectivity index (χ0n) is 15.2. The molecule has 1 amide bonds. The van der Waals surface area contributed by atoms with Gasteiger partial charge in [0.2, 0.25) is 0 Å². The van der Waals surface area contributed by atoms with E-state index in [1.54, 1.807) is 12.4 Å². The highest BCUT2D eigenvalue weighted by atomic mass is 16.2. The number of benzene rings is 1. The lowest BCUT2D eigenvalue weighted by atomic mass is 9.95. The van der Waals surface area contributed by atoms with Crippen molar-refractivity contribution in [3.05, 3.63) is 60.4 Å². The van der Waals surface area contributed by atoms with Crippen LogP contribution in [0.4, 0.5) is 0 Å². The summed E-state index contributed by atoms with van der Waals surface area (Å²) in [6.45, 7) is 4.31. The molecule has 26 heavy (non-hydrogen) atoms. The Bertz CT molecular complexity index is 929. The van der Waals surface area contributed by atoms with E-state index in [0.29, 0.717) is 0 Å². The van der Waals surface area contributed by atoms with Crippen molar-refractivity contribution >= 4 is 16.8 Å². The Hall–Kier alpha value is -2.75. The number of rotatable bonds is 2. The minimum atomic E-state index is 0.110. The summed E-state index contributed by atoms with van der Waals surface area (Å²) in [6, 6.07) is 14.2. The molecule has 3 aromatic rings. The topological polar surface area (TPSA) is 46.1 Å². The van der Waals surface area contributed by atoms with Crippen LogP contribution in [0.15, 0.2) is 54.9 Å². The van der Waals surface area contributed by atoms with E-state index < -0.39 is 0 Å². The molecule has 132 valence electrons. The lowest BCUT2D eigenvalue weighted by Gasteiger charge is -2.39. The van der Waals surface area contributed by atoms with Gasteiger partial charge in [-0.25, -0.2) is 4.98 Å². The summed E-state index contributed by atoms with van der Waals surface area (Å²) in [6.07, 6.45) is 6.82. The molecule has 1 aromatic carbocycles. The maximum atomic E-state index is 13.5. The first-order chi connectivity index (χ1) is 12.6. The van der Waals surface area contributed by atoms with Gasteiger partial charge in [-0.05, 0) is 57.4 Å². The maximum Gasteiger partial charge on any atom is 0.255 e. The fourth-order valence-electron chi connectivity index (χ4n) is 3.98. The van der Waals surface area contributed by atoms with Gasteiger partial charge in [0.05, 0.1) is 16.8 Å². The fraction of sp³-hybridized carbons (Fsp3) is 0.318. The van der Waals surface area contributed by atoms with Crippen molar-refractivity contribution in [1.29, 1.82) is 0 Å². The molecule has 2 aromatic heterocycles. The van der Waals surface area contributed by atoms with Crippen LogP contribution in [0.2, 0.25) is 0 Å². The summed E-state index contributed by atoms with van der Waals surface area (Å²) in [4.78, 5) is 24.4. The number of likely N-dealkylation sites (tertiary alicyclic amines) is 1. The number of nitrogens with zero attached hydrogens (tertiary/aromatic N) is 3. The normalized spacial score (nSPS) is 20.3. The third-order valence-electron chi connectivity index (χ3n) is 5.35. The predicted octanol–water partition coefficient (Wildman–Crippen LogP) is 4.70. The molecular weight excluding hydrogens is 322 g/mol. The quantitative estimate of drug-likeness (QED) is 0.676. The molecule has 1 aliphatic rings. The first-order valence-electron chi connectivity index (χ1n) is 9.28. The number of carbonyl (C=O) groups is 1. The third-order valence-corrected chi connectivity index (χ3v) is 5.35. The van der Waals surface area contributed by atoms with Gasteiger partial charge in [0.1, 0.15) is 0 Å². The molecule has 4 heteroatoms. The summed E-state index contributed by atoms with van der Waals surface area (Å²) < 4.78 is 0.